The van der Waals surface area contributed by atoms with Gasteiger partial charge in [-0.3, -0.25) is 19.2 Å². The Balaban J connectivity index is 1.62. The van der Waals surface area contributed by atoms with Crippen LogP contribution in [0.3, 0.4) is 0 Å². The van der Waals surface area contributed by atoms with Crippen LogP contribution in [0.1, 0.15) is 71.5 Å². The maximum Gasteiger partial charge on any atom is 0.313 e. The molecule has 10 nitrogen and oxygen atoms in total. The first kappa shape index (κ1) is 31.9. The van der Waals surface area contributed by atoms with Crippen molar-refractivity contribution in [2.45, 2.75) is 102 Å². The summed E-state index contributed by atoms with van der Waals surface area (Å²) in [4.78, 5) is 59.3. The molecule has 9 atom stereocenters. The summed E-state index contributed by atoms with van der Waals surface area (Å²) in [5.41, 5.74) is -0.724. The zero-order valence-electron chi connectivity index (χ0n) is 26.1. The summed E-state index contributed by atoms with van der Waals surface area (Å²) >= 11 is 0. The normalized spacial score (nSPS) is 34.5. The summed E-state index contributed by atoms with van der Waals surface area (Å²) < 4.78 is 13.0. The monoisotopic (exact) mass is 607 g/mol. The number of hydrogen-bond acceptors (Lipinski definition) is 7. The summed E-state index contributed by atoms with van der Waals surface area (Å²) in [6.07, 6.45) is 8.27. The highest BCUT2D eigenvalue weighted by Crippen LogP contribution is 2.54. The van der Waals surface area contributed by atoms with Gasteiger partial charge in [-0.1, -0.05) is 74.9 Å². The van der Waals surface area contributed by atoms with E-state index in [1.54, 1.807) is 30.1 Å². The van der Waals surface area contributed by atoms with E-state index in [9.17, 15) is 24.3 Å². The number of likely N-dealkylation sites (tertiary alicyclic amines) is 1. The van der Waals surface area contributed by atoms with E-state index in [1.165, 1.54) is 4.90 Å². The second-order valence-electron chi connectivity index (χ2n) is 12.5. The molecule has 1 aromatic rings. The van der Waals surface area contributed by atoms with Crippen molar-refractivity contribution in [3.63, 3.8) is 0 Å². The Hall–Kier alpha value is -3.50. The van der Waals surface area contributed by atoms with Crippen molar-refractivity contribution in [2.75, 3.05) is 13.2 Å². The number of esters is 1. The fourth-order valence-corrected chi connectivity index (χ4v) is 7.44. The van der Waals surface area contributed by atoms with E-state index in [-0.39, 0.29) is 30.9 Å². The van der Waals surface area contributed by atoms with E-state index in [0.29, 0.717) is 24.9 Å². The predicted molar refractivity (Wildman–Crippen MR) is 163 cm³/mol. The van der Waals surface area contributed by atoms with Gasteiger partial charge in [-0.2, -0.15) is 0 Å². The van der Waals surface area contributed by atoms with Crippen molar-refractivity contribution in [3.05, 3.63) is 60.2 Å². The molecule has 2 N–H and O–H groups in total. The van der Waals surface area contributed by atoms with Crippen LogP contribution in [0.4, 0.5) is 0 Å². The first-order valence-electron chi connectivity index (χ1n) is 16.0. The third-order valence-electron chi connectivity index (χ3n) is 9.63. The van der Waals surface area contributed by atoms with Crippen molar-refractivity contribution in [1.29, 1.82) is 0 Å². The first-order valence-corrected chi connectivity index (χ1v) is 16.0. The molecule has 1 unspecified atom stereocenters. The summed E-state index contributed by atoms with van der Waals surface area (Å²) in [7, 11) is 0. The van der Waals surface area contributed by atoms with Crippen LogP contribution in [0, 0.1) is 11.8 Å². The number of ether oxygens (including phenoxy) is 2. The van der Waals surface area contributed by atoms with Gasteiger partial charge in [0.05, 0.1) is 30.7 Å². The molecule has 0 saturated carbocycles. The van der Waals surface area contributed by atoms with Gasteiger partial charge in [-0.25, -0.2) is 0 Å². The van der Waals surface area contributed by atoms with E-state index in [0.717, 1.165) is 12.8 Å². The van der Waals surface area contributed by atoms with Gasteiger partial charge in [0.25, 0.3) is 0 Å². The Morgan fingerprint density at radius 3 is 2.52 bits per heavy atom. The van der Waals surface area contributed by atoms with Crippen molar-refractivity contribution in [1.82, 2.24) is 15.1 Å². The molecule has 0 aliphatic carbocycles. The molecule has 0 bridgehead atoms. The molecule has 4 heterocycles. The van der Waals surface area contributed by atoms with Crippen molar-refractivity contribution in [2.24, 2.45) is 11.8 Å². The maximum atomic E-state index is 14.5. The number of hydrogen-bond donors (Lipinski definition) is 2. The Morgan fingerprint density at radius 2 is 1.84 bits per heavy atom. The van der Waals surface area contributed by atoms with E-state index in [4.69, 9.17) is 9.47 Å². The molecule has 1 aromatic carbocycles. The predicted octanol–water partition coefficient (Wildman–Crippen LogP) is 3.06. The number of nitrogens with zero attached hydrogens (tertiary/aromatic N) is 2. The smallest absolute Gasteiger partial charge is 0.313 e. The van der Waals surface area contributed by atoms with Crippen LogP contribution in [-0.2, 0) is 28.7 Å². The number of carbonyl (C=O) groups excluding carboxylic acids is 4. The molecule has 2 saturated heterocycles. The number of nitrogens with one attached hydrogen (secondary N) is 1. The van der Waals surface area contributed by atoms with Gasteiger partial charge < -0.3 is 29.7 Å². The second kappa shape index (κ2) is 13.2. The lowest BCUT2D eigenvalue weighted by atomic mass is 9.77. The Labute approximate surface area is 259 Å². The molecule has 0 radical (unpaired) electrons. The van der Waals surface area contributed by atoms with Crippen LogP contribution in [0.25, 0.3) is 0 Å². The molecule has 1 spiro atoms. The Kier molecular flexibility index (Phi) is 9.60. The Morgan fingerprint density at radius 1 is 1.09 bits per heavy atom. The van der Waals surface area contributed by atoms with Gasteiger partial charge in [0.1, 0.15) is 23.7 Å². The quantitative estimate of drug-likeness (QED) is 0.361. The zero-order valence-corrected chi connectivity index (χ0v) is 26.1. The SMILES string of the molecule is CCCC(C)N1CC=C[C@@]23O[C@H]4/C=C\CCC(=O)N[C@@H](C)[C@H](c5ccccc5)OC(=O)[C@H]4[C@@H]2C(=O)N([C@@H](CC)CO)[C@H]3C1=O. The largest absolute Gasteiger partial charge is 0.455 e. The van der Waals surface area contributed by atoms with Gasteiger partial charge >= 0.3 is 5.97 Å². The third kappa shape index (κ3) is 5.58. The first-order chi connectivity index (χ1) is 21.2. The fourth-order valence-electron chi connectivity index (χ4n) is 7.44. The average molecular weight is 608 g/mol. The lowest BCUT2D eigenvalue weighted by molar-refractivity contribution is -0.162. The number of amides is 3. The maximum absolute atomic E-state index is 14.5. The topological polar surface area (TPSA) is 125 Å². The van der Waals surface area contributed by atoms with Crippen molar-refractivity contribution in [3.8, 4) is 0 Å². The number of allylic oxidation sites excluding steroid dienone is 1. The van der Waals surface area contributed by atoms with E-state index < -0.39 is 59.6 Å². The van der Waals surface area contributed by atoms with Crippen LogP contribution < -0.4 is 5.32 Å². The highest BCUT2D eigenvalue weighted by Gasteiger charge is 2.72. The number of aliphatic hydroxyl groups is 1. The number of aliphatic hydroxyl groups excluding tert-OH is 1. The summed E-state index contributed by atoms with van der Waals surface area (Å²) in [6.45, 7) is 7.74. The summed E-state index contributed by atoms with van der Waals surface area (Å²) in [6, 6.07) is 6.91. The average Bonchev–Trinajstić information content (AvgIpc) is 3.39. The Bertz CT molecular complexity index is 1290. The highest BCUT2D eigenvalue weighted by molar-refractivity contribution is 5.99. The molecular formula is C34H45N3O7. The minimum Gasteiger partial charge on any atom is -0.455 e. The molecule has 4 aliphatic heterocycles. The fraction of sp³-hybridized carbons (Fsp3) is 0.588. The van der Waals surface area contributed by atoms with Crippen LogP contribution in [-0.4, -0.2) is 87.6 Å². The lowest BCUT2D eigenvalue weighted by Gasteiger charge is -2.39. The second-order valence-corrected chi connectivity index (χ2v) is 12.5. The van der Waals surface area contributed by atoms with Gasteiger partial charge in [0, 0.05) is 19.0 Å². The number of fused-ring (bicyclic) bond motifs is 2. The minimum atomic E-state index is -1.43. The molecule has 0 aromatic heterocycles. The molecule has 238 valence electrons. The molecule has 44 heavy (non-hydrogen) atoms. The van der Waals surface area contributed by atoms with Gasteiger partial charge in [-0.15, -0.1) is 0 Å². The summed E-state index contributed by atoms with van der Waals surface area (Å²) in [5.74, 6) is -3.54. The minimum absolute atomic E-state index is 0.0740. The highest BCUT2D eigenvalue weighted by atomic mass is 16.6. The summed E-state index contributed by atoms with van der Waals surface area (Å²) in [5, 5.41) is 13.3. The van der Waals surface area contributed by atoms with Gasteiger partial charge in [0.2, 0.25) is 17.7 Å². The van der Waals surface area contributed by atoms with Crippen molar-refractivity contribution >= 4 is 23.7 Å². The van der Waals surface area contributed by atoms with Crippen LogP contribution >= 0.6 is 0 Å². The lowest BCUT2D eigenvalue weighted by Crippen LogP contribution is -2.59. The van der Waals surface area contributed by atoms with Crippen molar-refractivity contribution < 1.29 is 33.8 Å². The molecule has 4 aliphatic rings. The number of rotatable bonds is 7. The number of cyclic esters (lactones) is 1. The standard InChI is InChI=1S/C34H45N3O7/c1-5-13-21(3)36-19-12-18-34-28(31(40)37(24(6-2)20-38)30(34)32(36)41)27-25(44-34)16-10-11-17-26(39)35-22(4)29(43-33(27)42)23-14-8-7-9-15-23/h7-10,12,14-16,18,21-22,24-25,27-30,38H,5-6,11,13,17,19-20H2,1-4H3,(H,35,39)/b16-10-/t21?,22-,24-,25-,27+,28+,29+,30-,34+/m0/s1. The molecular weight excluding hydrogens is 562 g/mol. The third-order valence-corrected chi connectivity index (χ3v) is 9.63. The van der Waals surface area contributed by atoms with Crippen LogP contribution in [0.5, 0.6) is 0 Å². The van der Waals surface area contributed by atoms with Crippen LogP contribution in [0.2, 0.25) is 0 Å². The van der Waals surface area contributed by atoms with Gasteiger partial charge in [-0.05, 0) is 38.7 Å². The molecule has 3 amide bonds. The van der Waals surface area contributed by atoms with Gasteiger partial charge in [0.15, 0.2) is 0 Å². The van der Waals surface area contributed by atoms with E-state index in [2.05, 4.69) is 12.2 Å². The van der Waals surface area contributed by atoms with Crippen LogP contribution in [0.15, 0.2) is 54.6 Å². The molecule has 5 rings (SSSR count). The number of benzene rings is 1. The van der Waals surface area contributed by atoms with E-state index >= 15 is 0 Å². The number of carbonyl (C=O) groups is 4. The molecule has 10 heteroatoms. The van der Waals surface area contributed by atoms with E-state index in [1.807, 2.05) is 50.3 Å². The zero-order chi connectivity index (χ0) is 31.6. The molecule has 2 fully saturated rings.